The molecule has 178 valence electrons. The Morgan fingerprint density at radius 3 is 2.48 bits per heavy atom. The molecule has 8 nitrogen and oxygen atoms in total. The van der Waals surface area contributed by atoms with Gasteiger partial charge in [-0.3, -0.25) is 9.59 Å². The van der Waals surface area contributed by atoms with Gasteiger partial charge in [0, 0.05) is 22.5 Å². The molecular formula is C25H31NO7. The lowest BCUT2D eigenvalue weighted by atomic mass is 9.69. The van der Waals surface area contributed by atoms with Gasteiger partial charge in [0.05, 0.1) is 39.4 Å². The van der Waals surface area contributed by atoms with E-state index in [-0.39, 0.29) is 18.3 Å². The molecule has 3 atom stereocenters. The normalized spacial score (nSPS) is 22.4. The van der Waals surface area contributed by atoms with Gasteiger partial charge in [-0.15, -0.1) is 0 Å². The Kier molecular flexibility index (Phi) is 7.46. The number of methoxy groups -OCH3 is 3. The van der Waals surface area contributed by atoms with Gasteiger partial charge in [-0.05, 0) is 31.7 Å². The fraction of sp³-hybridized carbons (Fsp3) is 0.480. The number of dihydropyridines is 1. The Balaban J connectivity index is 2.26. The minimum absolute atomic E-state index is 0.249. The maximum atomic E-state index is 13.8. The third-order valence-corrected chi connectivity index (χ3v) is 6.14. The van der Waals surface area contributed by atoms with Crippen LogP contribution in [0.3, 0.4) is 0 Å². The van der Waals surface area contributed by atoms with Crippen LogP contribution in [0, 0.1) is 11.8 Å². The fourth-order valence-corrected chi connectivity index (χ4v) is 4.67. The smallest absolute Gasteiger partial charge is 0.336 e. The first kappa shape index (κ1) is 24.4. The highest BCUT2D eigenvalue weighted by Gasteiger charge is 2.48. The SMILES string of the molecule is CCCOC(=O)C1=C(C)NC2=C(C(=O)[C@H](C(=O)OC)[C@@H](C)C2)[C@@H]1c1cccc(OC)c1OC. The van der Waals surface area contributed by atoms with Gasteiger partial charge in [0.15, 0.2) is 17.3 Å². The van der Waals surface area contributed by atoms with Crippen LogP contribution in [0.5, 0.6) is 11.5 Å². The van der Waals surface area contributed by atoms with Gasteiger partial charge < -0.3 is 24.3 Å². The molecule has 1 aliphatic heterocycles. The van der Waals surface area contributed by atoms with Crippen LogP contribution >= 0.6 is 0 Å². The largest absolute Gasteiger partial charge is 0.493 e. The molecular weight excluding hydrogens is 426 g/mol. The highest BCUT2D eigenvalue weighted by atomic mass is 16.5. The zero-order chi connectivity index (χ0) is 24.3. The molecule has 8 heteroatoms. The van der Waals surface area contributed by atoms with E-state index in [1.807, 2.05) is 13.8 Å². The van der Waals surface area contributed by atoms with E-state index in [1.165, 1.54) is 21.3 Å². The highest BCUT2D eigenvalue weighted by molar-refractivity contribution is 6.12. The number of esters is 2. The number of para-hydroxylation sites is 1. The Labute approximate surface area is 193 Å². The second-order valence-corrected chi connectivity index (χ2v) is 8.25. The number of Topliss-reactive ketones (excluding diaryl/α,β-unsaturated/α-hetero) is 1. The molecule has 0 radical (unpaired) electrons. The van der Waals surface area contributed by atoms with E-state index in [0.717, 1.165) is 0 Å². The van der Waals surface area contributed by atoms with E-state index in [0.29, 0.717) is 52.4 Å². The van der Waals surface area contributed by atoms with Crippen LogP contribution < -0.4 is 14.8 Å². The summed E-state index contributed by atoms with van der Waals surface area (Å²) in [5, 5.41) is 3.24. The van der Waals surface area contributed by atoms with Crippen LogP contribution in [-0.2, 0) is 23.9 Å². The summed E-state index contributed by atoms with van der Waals surface area (Å²) in [4.78, 5) is 39.5. The zero-order valence-electron chi connectivity index (χ0n) is 19.9. The molecule has 0 saturated carbocycles. The van der Waals surface area contributed by atoms with Crippen LogP contribution in [0.4, 0.5) is 0 Å². The van der Waals surface area contributed by atoms with E-state index in [9.17, 15) is 14.4 Å². The number of ether oxygens (including phenoxy) is 4. The topological polar surface area (TPSA) is 100 Å². The molecule has 1 aliphatic carbocycles. The maximum absolute atomic E-state index is 13.8. The van der Waals surface area contributed by atoms with Crippen molar-refractivity contribution in [1.82, 2.24) is 5.32 Å². The Morgan fingerprint density at radius 1 is 1.15 bits per heavy atom. The van der Waals surface area contributed by atoms with Crippen molar-refractivity contribution in [3.8, 4) is 11.5 Å². The van der Waals surface area contributed by atoms with E-state index in [1.54, 1.807) is 25.1 Å². The van der Waals surface area contributed by atoms with Crippen molar-refractivity contribution in [2.75, 3.05) is 27.9 Å². The van der Waals surface area contributed by atoms with Crippen molar-refractivity contribution >= 4 is 17.7 Å². The number of carbonyl (C=O) groups excluding carboxylic acids is 3. The third-order valence-electron chi connectivity index (χ3n) is 6.14. The van der Waals surface area contributed by atoms with Gasteiger partial charge in [-0.1, -0.05) is 26.0 Å². The number of benzene rings is 1. The minimum atomic E-state index is -0.957. The first-order valence-electron chi connectivity index (χ1n) is 11.0. The van der Waals surface area contributed by atoms with Gasteiger partial charge in [-0.25, -0.2) is 4.79 Å². The molecule has 0 unspecified atom stereocenters. The summed E-state index contributed by atoms with van der Waals surface area (Å²) < 4.78 is 21.5. The Bertz CT molecular complexity index is 1020. The van der Waals surface area contributed by atoms with E-state index >= 15 is 0 Å². The zero-order valence-corrected chi connectivity index (χ0v) is 19.9. The summed E-state index contributed by atoms with van der Waals surface area (Å²) >= 11 is 0. The van der Waals surface area contributed by atoms with Gasteiger partial charge in [0.2, 0.25) is 0 Å². The monoisotopic (exact) mass is 457 g/mol. The maximum Gasteiger partial charge on any atom is 0.336 e. The number of ketones is 1. The molecule has 0 saturated heterocycles. The van der Waals surface area contributed by atoms with E-state index in [2.05, 4.69) is 5.32 Å². The molecule has 3 rings (SSSR count). The lowest BCUT2D eigenvalue weighted by molar-refractivity contribution is -0.151. The van der Waals surface area contributed by atoms with E-state index < -0.39 is 23.8 Å². The van der Waals surface area contributed by atoms with Crippen LogP contribution in [0.2, 0.25) is 0 Å². The number of hydrogen-bond acceptors (Lipinski definition) is 8. The van der Waals surface area contributed by atoms with Crippen LogP contribution in [0.25, 0.3) is 0 Å². The standard InChI is InChI=1S/C25H31NO7/c1-7-11-33-25(29)19-14(3)26-16-12-13(2)18(24(28)32-6)22(27)21(16)20(19)15-9-8-10-17(30-4)23(15)31-5/h8-10,13,18,20,26H,7,11-12H2,1-6H3/t13-,18+,20+/m0/s1. The van der Waals surface area contributed by atoms with Crippen molar-refractivity contribution in [2.24, 2.45) is 11.8 Å². The predicted molar refractivity (Wildman–Crippen MR) is 121 cm³/mol. The second kappa shape index (κ2) is 10.1. The Hall–Kier alpha value is -3.29. The summed E-state index contributed by atoms with van der Waals surface area (Å²) in [7, 11) is 4.30. The fourth-order valence-electron chi connectivity index (χ4n) is 4.67. The molecule has 0 bridgehead atoms. The third kappa shape index (κ3) is 4.34. The van der Waals surface area contributed by atoms with Crippen molar-refractivity contribution in [1.29, 1.82) is 0 Å². The molecule has 0 fully saturated rings. The molecule has 2 aliphatic rings. The molecule has 0 spiro atoms. The van der Waals surface area contributed by atoms with Gasteiger partial charge >= 0.3 is 11.9 Å². The van der Waals surface area contributed by atoms with Crippen molar-refractivity contribution in [3.05, 3.63) is 46.3 Å². The lowest BCUT2D eigenvalue weighted by Crippen LogP contribution is -2.43. The quantitative estimate of drug-likeness (QED) is 0.492. The summed E-state index contributed by atoms with van der Waals surface area (Å²) in [6, 6.07) is 5.31. The average Bonchev–Trinajstić information content (AvgIpc) is 2.80. The molecule has 1 heterocycles. The van der Waals surface area contributed by atoms with Crippen molar-refractivity contribution in [2.45, 2.75) is 39.5 Å². The van der Waals surface area contributed by atoms with Crippen LogP contribution in [-0.4, -0.2) is 45.7 Å². The summed E-state index contributed by atoms with van der Waals surface area (Å²) in [5.41, 5.74) is 2.53. The molecule has 0 amide bonds. The predicted octanol–water partition coefficient (Wildman–Crippen LogP) is 3.27. The van der Waals surface area contributed by atoms with Crippen molar-refractivity contribution < 1.29 is 33.3 Å². The van der Waals surface area contributed by atoms with Crippen LogP contribution in [0.15, 0.2) is 40.7 Å². The first-order valence-corrected chi connectivity index (χ1v) is 11.0. The highest BCUT2D eigenvalue weighted by Crippen LogP contribution is 2.49. The minimum Gasteiger partial charge on any atom is -0.493 e. The van der Waals surface area contributed by atoms with Gasteiger partial charge in [-0.2, -0.15) is 0 Å². The number of carbonyl (C=O) groups is 3. The van der Waals surface area contributed by atoms with Crippen molar-refractivity contribution in [3.63, 3.8) is 0 Å². The molecule has 1 N–H and O–H groups in total. The summed E-state index contributed by atoms with van der Waals surface area (Å²) in [6.07, 6.45) is 1.12. The van der Waals surface area contributed by atoms with Gasteiger partial charge in [0.1, 0.15) is 5.92 Å². The van der Waals surface area contributed by atoms with E-state index in [4.69, 9.17) is 18.9 Å². The average molecular weight is 458 g/mol. The number of rotatable bonds is 7. The molecule has 1 aromatic rings. The summed E-state index contributed by atoms with van der Waals surface area (Å²) in [6.45, 7) is 5.78. The number of hydrogen-bond donors (Lipinski definition) is 1. The Morgan fingerprint density at radius 2 is 1.88 bits per heavy atom. The number of nitrogens with one attached hydrogen (secondary N) is 1. The van der Waals surface area contributed by atoms with Crippen LogP contribution in [0.1, 0.15) is 45.1 Å². The second-order valence-electron chi connectivity index (χ2n) is 8.25. The summed E-state index contributed by atoms with van der Waals surface area (Å²) in [5.74, 6) is -2.61. The number of allylic oxidation sites excluding steroid dienone is 3. The first-order chi connectivity index (χ1) is 15.8. The van der Waals surface area contributed by atoms with Gasteiger partial charge in [0.25, 0.3) is 0 Å². The molecule has 0 aromatic heterocycles. The molecule has 1 aromatic carbocycles. The lowest BCUT2D eigenvalue weighted by Gasteiger charge is -2.38. The molecule has 33 heavy (non-hydrogen) atoms.